The number of ether oxygens (including phenoxy) is 1. The van der Waals surface area contributed by atoms with Gasteiger partial charge in [-0.1, -0.05) is 36.4 Å². The van der Waals surface area contributed by atoms with Crippen molar-refractivity contribution < 1.29 is 14.9 Å². The first-order valence-electron chi connectivity index (χ1n) is 8.94. The van der Waals surface area contributed by atoms with E-state index in [1.165, 1.54) is 0 Å². The lowest BCUT2D eigenvalue weighted by atomic mass is 10.0. The summed E-state index contributed by atoms with van der Waals surface area (Å²) in [6.07, 6.45) is -1.38. The molecule has 1 fully saturated rings. The predicted octanol–water partition coefficient (Wildman–Crippen LogP) is 2.27. The minimum Gasteiger partial charge on any atom is -0.388 e. The first-order valence-corrected chi connectivity index (χ1v) is 8.94. The maximum atomic E-state index is 10.4. The van der Waals surface area contributed by atoms with E-state index in [1.807, 2.05) is 48.5 Å². The molecule has 2 aromatic heterocycles. The molecule has 7 nitrogen and oxygen atoms in total. The number of H-pyrrole nitrogens is 1. The van der Waals surface area contributed by atoms with Gasteiger partial charge in [-0.3, -0.25) is 10.1 Å². The molecule has 3 aromatic rings. The molecule has 1 aromatic carbocycles. The minimum atomic E-state index is -1.03. The molecule has 1 aliphatic heterocycles. The lowest BCUT2D eigenvalue weighted by molar-refractivity contribution is 0.0129. The van der Waals surface area contributed by atoms with Gasteiger partial charge in [-0.25, -0.2) is 0 Å². The molecule has 0 unspecified atom stereocenters. The maximum Gasteiger partial charge on any atom is 0.130 e. The lowest BCUT2D eigenvalue weighted by Gasteiger charge is -2.16. The fraction of sp³-hybridized carbons (Fsp3) is 0.300. The van der Waals surface area contributed by atoms with E-state index in [2.05, 4.69) is 20.5 Å². The molecule has 4 atom stereocenters. The van der Waals surface area contributed by atoms with Crippen LogP contribution < -0.4 is 5.32 Å². The Morgan fingerprint density at radius 1 is 1.07 bits per heavy atom. The van der Waals surface area contributed by atoms with Crippen LogP contribution in [-0.2, 0) is 11.3 Å². The second-order valence-corrected chi connectivity index (χ2v) is 6.64. The van der Waals surface area contributed by atoms with Gasteiger partial charge in [0.25, 0.3) is 0 Å². The van der Waals surface area contributed by atoms with E-state index < -0.39 is 24.4 Å². The SMILES string of the molecule is C[C@@H]1O[C@@H](c2[nH]nc(-c3ccccc3)c2NCc2ccccn2)[C@H](O)[C@@H]1O. The molecule has 7 heteroatoms. The van der Waals surface area contributed by atoms with Crippen LogP contribution in [0.4, 0.5) is 5.69 Å². The van der Waals surface area contributed by atoms with E-state index in [9.17, 15) is 10.2 Å². The number of nitrogens with one attached hydrogen (secondary N) is 2. The van der Waals surface area contributed by atoms with Crippen molar-refractivity contribution in [3.8, 4) is 11.3 Å². The summed E-state index contributed by atoms with van der Waals surface area (Å²) in [4.78, 5) is 4.33. The van der Waals surface area contributed by atoms with Crippen molar-refractivity contribution in [1.82, 2.24) is 15.2 Å². The molecule has 1 aliphatic rings. The quantitative estimate of drug-likeness (QED) is 0.552. The molecule has 0 bridgehead atoms. The van der Waals surface area contributed by atoms with Gasteiger partial charge in [0.15, 0.2) is 0 Å². The van der Waals surface area contributed by atoms with Gasteiger partial charge in [-0.05, 0) is 19.1 Å². The maximum absolute atomic E-state index is 10.4. The molecule has 0 radical (unpaired) electrons. The number of benzene rings is 1. The fourth-order valence-corrected chi connectivity index (χ4v) is 3.31. The van der Waals surface area contributed by atoms with Gasteiger partial charge in [0.05, 0.1) is 29.7 Å². The van der Waals surface area contributed by atoms with Gasteiger partial charge in [0, 0.05) is 11.8 Å². The normalized spacial score (nSPS) is 24.9. The first-order chi connectivity index (χ1) is 13.1. The van der Waals surface area contributed by atoms with Gasteiger partial charge in [-0.15, -0.1) is 0 Å². The molecule has 4 N–H and O–H groups in total. The third kappa shape index (κ3) is 3.44. The average molecular weight is 366 g/mol. The monoisotopic (exact) mass is 366 g/mol. The molecule has 4 rings (SSSR count). The topological polar surface area (TPSA) is 103 Å². The zero-order chi connectivity index (χ0) is 18.8. The highest BCUT2D eigenvalue weighted by Crippen LogP contribution is 2.39. The van der Waals surface area contributed by atoms with Crippen molar-refractivity contribution >= 4 is 5.69 Å². The number of aromatic nitrogens is 3. The van der Waals surface area contributed by atoms with Gasteiger partial charge in [-0.2, -0.15) is 5.10 Å². The third-order valence-electron chi connectivity index (χ3n) is 4.80. The standard InChI is InChI=1S/C20H22N4O3/c1-12-18(25)19(26)20(27-12)17-16(22-11-14-9-5-6-10-21-14)15(23-24-17)13-7-3-2-4-8-13/h2-10,12,18-20,22,25-26H,11H2,1H3,(H,23,24)/t12-,18+,19+,20-/m0/s1. The number of aliphatic hydroxyl groups is 2. The summed E-state index contributed by atoms with van der Waals surface area (Å²) in [5.74, 6) is 0. The third-order valence-corrected chi connectivity index (χ3v) is 4.80. The number of aliphatic hydroxyl groups excluding tert-OH is 2. The molecule has 0 saturated carbocycles. The average Bonchev–Trinajstić information content (AvgIpc) is 3.24. The first kappa shape index (κ1) is 17.7. The number of rotatable bonds is 5. The highest BCUT2D eigenvalue weighted by molar-refractivity contribution is 5.76. The Labute approximate surface area is 157 Å². The molecule has 140 valence electrons. The van der Waals surface area contributed by atoms with Crippen LogP contribution in [0.3, 0.4) is 0 Å². The number of aromatic amines is 1. The highest BCUT2D eigenvalue weighted by Gasteiger charge is 2.43. The molecule has 0 spiro atoms. The predicted molar refractivity (Wildman–Crippen MR) is 101 cm³/mol. The number of pyridine rings is 1. The van der Waals surface area contributed by atoms with Crippen LogP contribution in [0.1, 0.15) is 24.4 Å². The van der Waals surface area contributed by atoms with Crippen molar-refractivity contribution in [2.24, 2.45) is 0 Å². The van der Waals surface area contributed by atoms with Gasteiger partial charge < -0.3 is 20.3 Å². The van der Waals surface area contributed by atoms with Crippen LogP contribution in [0.25, 0.3) is 11.3 Å². The largest absolute Gasteiger partial charge is 0.388 e. The van der Waals surface area contributed by atoms with Gasteiger partial charge >= 0.3 is 0 Å². The second kappa shape index (κ2) is 7.48. The lowest BCUT2D eigenvalue weighted by Crippen LogP contribution is -2.29. The summed E-state index contributed by atoms with van der Waals surface area (Å²) in [6.45, 7) is 2.23. The van der Waals surface area contributed by atoms with Crippen molar-refractivity contribution in [2.75, 3.05) is 5.32 Å². The Kier molecular flexibility index (Phi) is 4.89. The zero-order valence-corrected chi connectivity index (χ0v) is 14.9. The van der Waals surface area contributed by atoms with E-state index in [-0.39, 0.29) is 0 Å². The number of hydrogen-bond donors (Lipinski definition) is 4. The summed E-state index contributed by atoms with van der Waals surface area (Å²) in [5.41, 5.74) is 3.89. The van der Waals surface area contributed by atoms with Crippen molar-refractivity contribution in [1.29, 1.82) is 0 Å². The zero-order valence-electron chi connectivity index (χ0n) is 14.9. The van der Waals surface area contributed by atoms with E-state index >= 15 is 0 Å². The van der Waals surface area contributed by atoms with Crippen LogP contribution in [0.15, 0.2) is 54.7 Å². The highest BCUT2D eigenvalue weighted by atomic mass is 16.5. The van der Waals surface area contributed by atoms with Crippen LogP contribution in [0, 0.1) is 0 Å². The van der Waals surface area contributed by atoms with E-state index in [4.69, 9.17) is 4.74 Å². The summed E-state index contributed by atoms with van der Waals surface area (Å²) in [7, 11) is 0. The Bertz CT molecular complexity index is 885. The van der Waals surface area contributed by atoms with Crippen LogP contribution in [-0.4, -0.2) is 43.7 Å². The van der Waals surface area contributed by atoms with Crippen LogP contribution >= 0.6 is 0 Å². The summed E-state index contributed by atoms with van der Waals surface area (Å²) < 4.78 is 5.79. The number of hydrogen-bond acceptors (Lipinski definition) is 6. The summed E-state index contributed by atoms with van der Waals surface area (Å²) in [6, 6.07) is 15.5. The number of nitrogens with zero attached hydrogens (tertiary/aromatic N) is 2. The van der Waals surface area contributed by atoms with Crippen LogP contribution in [0.5, 0.6) is 0 Å². The Morgan fingerprint density at radius 2 is 1.85 bits per heavy atom. The second-order valence-electron chi connectivity index (χ2n) is 6.64. The van der Waals surface area contributed by atoms with Crippen molar-refractivity contribution in [3.63, 3.8) is 0 Å². The molecule has 0 amide bonds. The molecule has 1 saturated heterocycles. The Balaban J connectivity index is 1.70. The minimum absolute atomic E-state index is 0.461. The van der Waals surface area contributed by atoms with Gasteiger partial charge in [0.2, 0.25) is 0 Å². The molecule has 27 heavy (non-hydrogen) atoms. The Hall–Kier alpha value is -2.74. The van der Waals surface area contributed by atoms with Crippen molar-refractivity contribution in [3.05, 3.63) is 66.1 Å². The molecule has 3 heterocycles. The Morgan fingerprint density at radius 3 is 2.52 bits per heavy atom. The number of anilines is 1. The summed E-state index contributed by atoms with van der Waals surface area (Å²) in [5, 5.41) is 31.3. The van der Waals surface area contributed by atoms with Crippen LogP contribution in [0.2, 0.25) is 0 Å². The molecular weight excluding hydrogens is 344 g/mol. The summed E-state index contributed by atoms with van der Waals surface area (Å²) >= 11 is 0. The van der Waals surface area contributed by atoms with E-state index in [0.29, 0.717) is 12.2 Å². The molecule has 0 aliphatic carbocycles. The van der Waals surface area contributed by atoms with E-state index in [1.54, 1.807) is 13.1 Å². The van der Waals surface area contributed by atoms with E-state index in [0.717, 1.165) is 22.6 Å². The van der Waals surface area contributed by atoms with Gasteiger partial charge in [0.1, 0.15) is 24.0 Å². The smallest absolute Gasteiger partial charge is 0.130 e. The fourth-order valence-electron chi connectivity index (χ4n) is 3.31. The van der Waals surface area contributed by atoms with Crippen molar-refractivity contribution in [2.45, 2.75) is 37.9 Å². The molecular formula is C20H22N4O3.